The van der Waals surface area contributed by atoms with Gasteiger partial charge in [-0.05, 0) is 49.3 Å². The monoisotopic (exact) mass is 257 g/mol. The van der Waals surface area contributed by atoms with E-state index in [-0.39, 0.29) is 0 Å². The van der Waals surface area contributed by atoms with Crippen LogP contribution in [0.4, 0.5) is 0 Å². The van der Waals surface area contributed by atoms with Crippen molar-refractivity contribution in [2.75, 3.05) is 6.54 Å². The van der Waals surface area contributed by atoms with Gasteiger partial charge in [0.05, 0.1) is 0 Å². The van der Waals surface area contributed by atoms with E-state index in [0.717, 1.165) is 13.0 Å². The summed E-state index contributed by atoms with van der Waals surface area (Å²) in [6, 6.07) is 8.50. The summed E-state index contributed by atoms with van der Waals surface area (Å²) >= 11 is 0. The number of unbranched alkanes of at least 4 members (excludes halogenated alkanes) is 1. The third-order valence-electron chi connectivity index (χ3n) is 3.86. The zero-order valence-corrected chi connectivity index (χ0v) is 12.0. The van der Waals surface area contributed by atoms with Crippen LogP contribution < -0.4 is 5.73 Å². The van der Waals surface area contributed by atoms with Crippen LogP contribution in [0.2, 0.25) is 0 Å². The van der Waals surface area contributed by atoms with E-state index in [1.807, 2.05) is 0 Å². The Labute approximate surface area is 116 Å². The molecule has 0 saturated carbocycles. The molecule has 0 fully saturated rings. The number of benzene rings is 1. The zero-order valence-electron chi connectivity index (χ0n) is 12.0. The van der Waals surface area contributed by atoms with Crippen molar-refractivity contribution >= 4 is 10.9 Å². The van der Waals surface area contributed by atoms with Crippen LogP contribution in [0, 0.1) is 18.3 Å². The van der Waals surface area contributed by atoms with Crippen LogP contribution in [0.5, 0.6) is 0 Å². The summed E-state index contributed by atoms with van der Waals surface area (Å²) in [4.78, 5) is 3.35. The average molecular weight is 257 g/mol. The number of nitrogens with two attached hydrogens (primary N) is 1. The van der Waals surface area contributed by atoms with Crippen LogP contribution in [-0.4, -0.2) is 11.5 Å². The van der Waals surface area contributed by atoms with Gasteiger partial charge in [-0.25, -0.2) is 0 Å². The molecule has 19 heavy (non-hydrogen) atoms. The molecule has 2 aromatic rings. The molecule has 0 bridgehead atoms. The summed E-state index contributed by atoms with van der Waals surface area (Å²) < 4.78 is 0. The smallest absolute Gasteiger partial charge is 0.0456 e. The molecule has 2 nitrogen and oxygen atoms in total. The molecule has 1 heterocycles. The van der Waals surface area contributed by atoms with E-state index in [1.54, 1.807) is 0 Å². The summed E-state index contributed by atoms with van der Waals surface area (Å²) in [5, 5.41) is 1.33. The number of hydrogen-bond donors (Lipinski definition) is 2. The third-order valence-corrected chi connectivity index (χ3v) is 3.86. The fourth-order valence-corrected chi connectivity index (χ4v) is 2.60. The molecule has 0 saturated heterocycles. The van der Waals surface area contributed by atoms with Gasteiger partial charge in [0.2, 0.25) is 0 Å². The van der Waals surface area contributed by atoms with Gasteiger partial charge in [0.1, 0.15) is 0 Å². The molecule has 0 spiro atoms. The molecular formula is C17H25N2. The SMILES string of the molecule is CC(C)C([CH]c1c[nH]c2ccccc12)CCCCN. The molecule has 3 N–H and O–H groups in total. The molecule has 2 rings (SSSR count). The van der Waals surface area contributed by atoms with Crippen LogP contribution in [0.3, 0.4) is 0 Å². The Bertz CT molecular complexity index is 499. The van der Waals surface area contributed by atoms with Crippen molar-refractivity contribution in [3.63, 3.8) is 0 Å². The maximum atomic E-state index is 5.59. The summed E-state index contributed by atoms with van der Waals surface area (Å²) in [7, 11) is 0. The Balaban J connectivity index is 2.08. The normalized spacial score (nSPS) is 13.3. The van der Waals surface area contributed by atoms with Gasteiger partial charge in [-0.1, -0.05) is 38.5 Å². The lowest BCUT2D eigenvalue weighted by atomic mass is 9.85. The molecule has 1 aromatic carbocycles. The lowest BCUT2D eigenvalue weighted by Gasteiger charge is -2.20. The number of nitrogens with one attached hydrogen (secondary N) is 1. The van der Waals surface area contributed by atoms with Crippen molar-refractivity contribution in [2.24, 2.45) is 17.6 Å². The van der Waals surface area contributed by atoms with Crippen molar-refractivity contribution in [2.45, 2.75) is 33.1 Å². The van der Waals surface area contributed by atoms with Crippen molar-refractivity contribution in [1.82, 2.24) is 4.98 Å². The first kappa shape index (κ1) is 14.1. The minimum absolute atomic E-state index is 0.630. The highest BCUT2D eigenvalue weighted by Gasteiger charge is 2.16. The molecule has 1 radical (unpaired) electrons. The van der Waals surface area contributed by atoms with Gasteiger partial charge in [-0.15, -0.1) is 0 Å². The number of H-pyrrole nitrogens is 1. The fourth-order valence-electron chi connectivity index (χ4n) is 2.60. The molecule has 0 aliphatic carbocycles. The molecule has 103 valence electrons. The predicted molar refractivity (Wildman–Crippen MR) is 82.9 cm³/mol. The van der Waals surface area contributed by atoms with Crippen LogP contribution in [0.15, 0.2) is 30.5 Å². The molecular weight excluding hydrogens is 232 g/mol. The highest BCUT2D eigenvalue weighted by atomic mass is 14.7. The van der Waals surface area contributed by atoms with Gasteiger partial charge < -0.3 is 10.7 Å². The molecule has 0 aliphatic heterocycles. The number of fused-ring (bicyclic) bond motifs is 1. The van der Waals surface area contributed by atoms with Crippen LogP contribution in [0.25, 0.3) is 10.9 Å². The Hall–Kier alpha value is -1.28. The van der Waals surface area contributed by atoms with E-state index < -0.39 is 0 Å². The van der Waals surface area contributed by atoms with Crippen molar-refractivity contribution in [1.29, 1.82) is 0 Å². The zero-order chi connectivity index (χ0) is 13.7. The molecule has 1 aromatic heterocycles. The van der Waals surface area contributed by atoms with E-state index in [9.17, 15) is 0 Å². The molecule has 0 aliphatic rings. The first-order valence-electron chi connectivity index (χ1n) is 7.33. The molecule has 1 unspecified atom stereocenters. The van der Waals surface area contributed by atoms with Crippen LogP contribution in [-0.2, 0) is 0 Å². The van der Waals surface area contributed by atoms with Crippen LogP contribution in [0.1, 0.15) is 38.7 Å². The van der Waals surface area contributed by atoms with Gasteiger partial charge in [0.25, 0.3) is 0 Å². The minimum atomic E-state index is 0.630. The topological polar surface area (TPSA) is 41.8 Å². The summed E-state index contributed by atoms with van der Waals surface area (Å²) in [5.74, 6) is 1.30. The Morgan fingerprint density at radius 3 is 2.74 bits per heavy atom. The van der Waals surface area contributed by atoms with E-state index in [0.29, 0.717) is 11.8 Å². The Kier molecular flexibility index (Phi) is 5.03. The van der Waals surface area contributed by atoms with Gasteiger partial charge in [-0.3, -0.25) is 0 Å². The predicted octanol–water partition coefficient (Wildman–Crippen LogP) is 4.12. The highest BCUT2D eigenvalue weighted by Crippen LogP contribution is 2.28. The number of para-hydroxylation sites is 1. The number of aromatic nitrogens is 1. The average Bonchev–Trinajstić information content (AvgIpc) is 2.81. The standard InChI is InChI=1S/C17H25N2/c1-13(2)14(7-5-6-10-18)11-15-12-19-17-9-4-3-8-16(15)17/h3-4,8-9,11-14,19H,5-7,10,18H2,1-2H3. The number of hydrogen-bond acceptors (Lipinski definition) is 1. The van der Waals surface area contributed by atoms with E-state index in [4.69, 9.17) is 5.73 Å². The summed E-state index contributed by atoms with van der Waals surface area (Å²) in [6.45, 7) is 5.41. The fraction of sp³-hybridized carbons (Fsp3) is 0.471. The largest absolute Gasteiger partial charge is 0.361 e. The molecule has 2 heteroatoms. The maximum absolute atomic E-state index is 5.59. The Morgan fingerprint density at radius 1 is 1.21 bits per heavy atom. The van der Waals surface area contributed by atoms with Crippen molar-refractivity contribution in [3.8, 4) is 0 Å². The van der Waals surface area contributed by atoms with E-state index in [2.05, 4.69) is 55.7 Å². The Morgan fingerprint density at radius 2 is 2.00 bits per heavy atom. The summed E-state index contributed by atoms with van der Waals surface area (Å²) in [5.41, 5.74) is 8.14. The van der Waals surface area contributed by atoms with Crippen LogP contribution >= 0.6 is 0 Å². The van der Waals surface area contributed by atoms with Gasteiger partial charge in [-0.2, -0.15) is 0 Å². The van der Waals surface area contributed by atoms with Crippen molar-refractivity contribution in [3.05, 3.63) is 42.4 Å². The minimum Gasteiger partial charge on any atom is -0.361 e. The van der Waals surface area contributed by atoms with E-state index in [1.165, 1.54) is 29.3 Å². The second kappa shape index (κ2) is 6.76. The number of aromatic amines is 1. The van der Waals surface area contributed by atoms with Gasteiger partial charge in [0.15, 0.2) is 0 Å². The lowest BCUT2D eigenvalue weighted by molar-refractivity contribution is 0.401. The lowest BCUT2D eigenvalue weighted by Crippen LogP contribution is -2.11. The molecule has 1 atom stereocenters. The first-order chi connectivity index (χ1) is 9.22. The summed E-state index contributed by atoms with van der Waals surface area (Å²) in [6.07, 6.45) is 8.14. The molecule has 0 amide bonds. The highest BCUT2D eigenvalue weighted by molar-refractivity contribution is 5.84. The second-order valence-corrected chi connectivity index (χ2v) is 5.65. The maximum Gasteiger partial charge on any atom is 0.0456 e. The third kappa shape index (κ3) is 3.60. The van der Waals surface area contributed by atoms with Gasteiger partial charge in [0, 0.05) is 17.1 Å². The second-order valence-electron chi connectivity index (χ2n) is 5.65. The quantitative estimate of drug-likeness (QED) is 0.720. The van der Waals surface area contributed by atoms with Crippen molar-refractivity contribution < 1.29 is 0 Å². The first-order valence-corrected chi connectivity index (χ1v) is 7.33. The number of rotatable bonds is 7. The van der Waals surface area contributed by atoms with E-state index >= 15 is 0 Å². The van der Waals surface area contributed by atoms with Gasteiger partial charge >= 0.3 is 0 Å².